The summed E-state index contributed by atoms with van der Waals surface area (Å²) in [5, 5.41) is 7.60. The first-order chi connectivity index (χ1) is 4.48. The minimum Gasteiger partial charge on any atom is -0.478 e. The quantitative estimate of drug-likeness (QED) is 0.588. The van der Waals surface area contributed by atoms with E-state index >= 15 is 0 Å². The Hall–Kier alpha value is 0.170. The summed E-state index contributed by atoms with van der Waals surface area (Å²) < 4.78 is 0.375. The molecule has 0 atom stereocenters. The Labute approximate surface area is 76.6 Å². The standard InChI is InChI=1S/C3H4Br2.C3H4O2/c4-3(5)1-2-3;1-2-3(4)5/h1-2H2;2H,1H2,(H,4,5). The van der Waals surface area contributed by atoms with Crippen LogP contribution in [0, 0.1) is 0 Å². The van der Waals surface area contributed by atoms with Gasteiger partial charge in [-0.2, -0.15) is 0 Å². The first-order valence-electron chi connectivity index (χ1n) is 2.71. The van der Waals surface area contributed by atoms with E-state index in [1.165, 1.54) is 12.8 Å². The monoisotopic (exact) mass is 270 g/mol. The largest absolute Gasteiger partial charge is 0.478 e. The Balaban J connectivity index is 0.000000162. The average molecular weight is 272 g/mol. The second kappa shape index (κ2) is 4.13. The number of hydrogen-bond donors (Lipinski definition) is 1. The smallest absolute Gasteiger partial charge is 0.327 e. The average Bonchev–Trinajstić information content (AvgIpc) is 2.48. The molecule has 0 radical (unpaired) electrons. The molecule has 0 amide bonds. The van der Waals surface area contributed by atoms with E-state index in [2.05, 4.69) is 38.4 Å². The highest BCUT2D eigenvalue weighted by Crippen LogP contribution is 2.49. The van der Waals surface area contributed by atoms with Gasteiger partial charge in [0.05, 0.1) is 3.23 Å². The van der Waals surface area contributed by atoms with E-state index in [1.54, 1.807) is 0 Å². The zero-order valence-corrected chi connectivity index (χ0v) is 8.48. The van der Waals surface area contributed by atoms with E-state index < -0.39 is 5.97 Å². The molecule has 0 saturated heterocycles. The summed E-state index contributed by atoms with van der Waals surface area (Å²) in [5.41, 5.74) is 0. The maximum atomic E-state index is 9.25. The minimum absolute atomic E-state index is 0.375. The first-order valence-corrected chi connectivity index (χ1v) is 4.30. The minimum atomic E-state index is -0.981. The number of aliphatic carboxylic acids is 1. The van der Waals surface area contributed by atoms with E-state index in [9.17, 15) is 4.79 Å². The first kappa shape index (κ1) is 10.2. The van der Waals surface area contributed by atoms with Crippen LogP contribution in [0.1, 0.15) is 12.8 Å². The maximum Gasteiger partial charge on any atom is 0.327 e. The van der Waals surface area contributed by atoms with Gasteiger partial charge in [0, 0.05) is 6.08 Å². The van der Waals surface area contributed by atoms with Crippen molar-refractivity contribution in [2.24, 2.45) is 0 Å². The predicted octanol–water partition coefficient (Wildman–Crippen LogP) is 2.52. The molecule has 0 aromatic carbocycles. The molecule has 0 bridgehead atoms. The third-order valence-corrected chi connectivity index (χ3v) is 2.39. The van der Waals surface area contributed by atoms with Crippen molar-refractivity contribution in [2.45, 2.75) is 16.1 Å². The molecule has 1 saturated carbocycles. The van der Waals surface area contributed by atoms with Crippen LogP contribution in [0.2, 0.25) is 0 Å². The molecule has 0 aromatic rings. The Morgan fingerprint density at radius 2 is 1.80 bits per heavy atom. The molecule has 1 fully saturated rings. The van der Waals surface area contributed by atoms with Crippen LogP contribution >= 0.6 is 31.9 Å². The number of rotatable bonds is 1. The molecule has 1 aliphatic carbocycles. The summed E-state index contributed by atoms with van der Waals surface area (Å²) in [6.07, 6.45) is 3.40. The van der Waals surface area contributed by atoms with Crippen LogP contribution in [0.15, 0.2) is 12.7 Å². The lowest BCUT2D eigenvalue weighted by molar-refractivity contribution is -0.131. The van der Waals surface area contributed by atoms with Gasteiger partial charge in [0.15, 0.2) is 0 Å². The Morgan fingerprint density at radius 3 is 1.80 bits per heavy atom. The normalized spacial score (nSPS) is 18.2. The molecule has 0 spiro atoms. The van der Waals surface area contributed by atoms with Crippen LogP contribution in [0.3, 0.4) is 0 Å². The van der Waals surface area contributed by atoms with Gasteiger partial charge in [0.2, 0.25) is 0 Å². The van der Waals surface area contributed by atoms with Gasteiger partial charge in [-0.15, -0.1) is 0 Å². The van der Waals surface area contributed by atoms with Crippen LogP contribution in [0.25, 0.3) is 0 Å². The summed E-state index contributed by atoms with van der Waals surface area (Å²) in [4.78, 5) is 9.25. The van der Waals surface area contributed by atoms with Gasteiger partial charge in [0.1, 0.15) is 0 Å². The van der Waals surface area contributed by atoms with Crippen molar-refractivity contribution in [3.63, 3.8) is 0 Å². The molecule has 4 heteroatoms. The third-order valence-electron chi connectivity index (χ3n) is 0.803. The SMILES string of the molecule is BrC1(Br)CC1.C=CC(=O)O. The molecule has 0 heterocycles. The molecule has 1 N–H and O–H groups in total. The highest BCUT2D eigenvalue weighted by atomic mass is 79.9. The van der Waals surface area contributed by atoms with Gasteiger partial charge < -0.3 is 5.11 Å². The van der Waals surface area contributed by atoms with Crippen molar-refractivity contribution in [3.8, 4) is 0 Å². The van der Waals surface area contributed by atoms with Crippen molar-refractivity contribution in [1.29, 1.82) is 0 Å². The second-order valence-electron chi connectivity index (χ2n) is 1.90. The summed E-state index contributed by atoms with van der Waals surface area (Å²) in [7, 11) is 0. The molecule has 0 unspecified atom stereocenters. The van der Waals surface area contributed by atoms with Crippen LogP contribution < -0.4 is 0 Å². The van der Waals surface area contributed by atoms with Gasteiger partial charge in [-0.25, -0.2) is 4.79 Å². The molecule has 10 heavy (non-hydrogen) atoms. The number of hydrogen-bond acceptors (Lipinski definition) is 1. The molecular formula is C6H8Br2O2. The number of carbonyl (C=O) groups is 1. The lowest BCUT2D eigenvalue weighted by Gasteiger charge is -1.80. The van der Waals surface area contributed by atoms with Crippen molar-refractivity contribution in [1.82, 2.24) is 0 Å². The fourth-order valence-corrected chi connectivity index (χ4v) is 0.491. The molecule has 0 aromatic heterocycles. The number of carboxylic acids is 1. The van der Waals surface area contributed by atoms with E-state index in [1.807, 2.05) is 0 Å². The van der Waals surface area contributed by atoms with E-state index in [-0.39, 0.29) is 0 Å². The Bertz CT molecular complexity index is 137. The summed E-state index contributed by atoms with van der Waals surface area (Å²) >= 11 is 6.81. The summed E-state index contributed by atoms with van der Waals surface area (Å²) in [6.45, 7) is 2.96. The zero-order chi connectivity index (χ0) is 8.20. The van der Waals surface area contributed by atoms with Gasteiger partial charge in [0.25, 0.3) is 0 Å². The molecule has 1 rings (SSSR count). The van der Waals surface area contributed by atoms with Gasteiger partial charge in [-0.05, 0) is 12.8 Å². The number of alkyl halides is 2. The fraction of sp³-hybridized carbons (Fsp3) is 0.500. The topological polar surface area (TPSA) is 37.3 Å². The summed E-state index contributed by atoms with van der Waals surface area (Å²) in [5.74, 6) is -0.981. The van der Waals surface area contributed by atoms with Crippen molar-refractivity contribution in [3.05, 3.63) is 12.7 Å². The number of halogens is 2. The lowest BCUT2D eigenvalue weighted by Crippen LogP contribution is -1.82. The molecule has 58 valence electrons. The van der Waals surface area contributed by atoms with E-state index in [0.29, 0.717) is 3.23 Å². The van der Waals surface area contributed by atoms with Crippen molar-refractivity contribution < 1.29 is 9.90 Å². The van der Waals surface area contributed by atoms with Crippen LogP contribution in [0.4, 0.5) is 0 Å². The predicted molar refractivity (Wildman–Crippen MR) is 47.7 cm³/mol. The maximum absolute atomic E-state index is 9.25. The Kier molecular flexibility index (Phi) is 4.20. The zero-order valence-electron chi connectivity index (χ0n) is 5.31. The molecule has 2 nitrogen and oxygen atoms in total. The fourth-order valence-electron chi connectivity index (χ4n) is 0.0945. The Morgan fingerprint density at radius 1 is 1.60 bits per heavy atom. The van der Waals surface area contributed by atoms with Crippen LogP contribution in [-0.2, 0) is 4.79 Å². The molecule has 1 aliphatic rings. The second-order valence-corrected chi connectivity index (χ2v) is 6.00. The van der Waals surface area contributed by atoms with Gasteiger partial charge in [-0.1, -0.05) is 38.4 Å². The molecular weight excluding hydrogens is 264 g/mol. The van der Waals surface area contributed by atoms with Crippen LogP contribution in [0.5, 0.6) is 0 Å². The highest BCUT2D eigenvalue weighted by Gasteiger charge is 2.36. The van der Waals surface area contributed by atoms with Gasteiger partial charge >= 0.3 is 5.97 Å². The van der Waals surface area contributed by atoms with Crippen molar-refractivity contribution >= 4 is 37.8 Å². The molecule has 0 aliphatic heterocycles. The highest BCUT2D eigenvalue weighted by molar-refractivity contribution is 9.25. The van der Waals surface area contributed by atoms with Gasteiger partial charge in [-0.3, -0.25) is 0 Å². The van der Waals surface area contributed by atoms with E-state index in [0.717, 1.165) is 6.08 Å². The summed E-state index contributed by atoms with van der Waals surface area (Å²) in [6, 6.07) is 0. The van der Waals surface area contributed by atoms with E-state index in [4.69, 9.17) is 5.11 Å². The lowest BCUT2D eigenvalue weighted by atomic mass is 10.7. The third kappa shape index (κ3) is 8.17. The van der Waals surface area contributed by atoms with Crippen LogP contribution in [-0.4, -0.2) is 14.3 Å². The van der Waals surface area contributed by atoms with Crippen molar-refractivity contribution in [2.75, 3.05) is 0 Å². The number of carboxylic acid groups (broad SMARTS) is 1.